The Morgan fingerprint density at radius 2 is 1.93 bits per heavy atom. The van der Waals surface area contributed by atoms with Gasteiger partial charge in [-0.3, -0.25) is 0 Å². The van der Waals surface area contributed by atoms with Crippen LogP contribution in [0, 0.1) is 11.2 Å². The van der Waals surface area contributed by atoms with Crippen molar-refractivity contribution in [3.05, 3.63) is 35.6 Å². The van der Waals surface area contributed by atoms with Crippen LogP contribution in [0.15, 0.2) is 24.3 Å². The van der Waals surface area contributed by atoms with E-state index < -0.39 is 0 Å². The highest BCUT2D eigenvalue weighted by Gasteiger charge is 2.18. The molecule has 2 N–H and O–H groups in total. The van der Waals surface area contributed by atoms with Gasteiger partial charge in [-0.25, -0.2) is 4.39 Å². The summed E-state index contributed by atoms with van der Waals surface area (Å²) in [5.74, 6) is -0.113. The van der Waals surface area contributed by atoms with E-state index in [2.05, 4.69) is 13.8 Å². The summed E-state index contributed by atoms with van der Waals surface area (Å²) >= 11 is 0. The fourth-order valence-electron chi connectivity index (χ4n) is 1.64. The van der Waals surface area contributed by atoms with Gasteiger partial charge in [-0.15, -0.1) is 0 Å². The zero-order valence-corrected chi connectivity index (χ0v) is 8.89. The zero-order valence-electron chi connectivity index (χ0n) is 8.89. The van der Waals surface area contributed by atoms with E-state index in [9.17, 15) is 4.39 Å². The standard InChI is InChI=1S/C12H18FN/c1-12(2,7-8-14)9-10-5-3-4-6-11(10)13/h3-6H,7-9,14H2,1-2H3. The molecule has 1 nitrogen and oxygen atoms in total. The molecule has 1 aromatic carbocycles. The lowest BCUT2D eigenvalue weighted by Gasteiger charge is -2.24. The van der Waals surface area contributed by atoms with Gasteiger partial charge in [0.15, 0.2) is 0 Å². The number of rotatable bonds is 4. The van der Waals surface area contributed by atoms with Crippen molar-refractivity contribution in [1.82, 2.24) is 0 Å². The monoisotopic (exact) mass is 195 g/mol. The first-order chi connectivity index (χ1) is 6.55. The second kappa shape index (κ2) is 4.56. The molecule has 1 rings (SSSR count). The van der Waals surface area contributed by atoms with Gasteiger partial charge in [0.2, 0.25) is 0 Å². The molecular weight excluding hydrogens is 177 g/mol. The molecule has 0 spiro atoms. The Bertz CT molecular complexity index is 294. The average Bonchev–Trinajstić information content (AvgIpc) is 2.08. The fourth-order valence-corrected chi connectivity index (χ4v) is 1.64. The second-order valence-corrected chi connectivity index (χ2v) is 4.47. The number of halogens is 1. The van der Waals surface area contributed by atoms with Crippen molar-refractivity contribution < 1.29 is 4.39 Å². The molecule has 14 heavy (non-hydrogen) atoms. The van der Waals surface area contributed by atoms with E-state index in [1.54, 1.807) is 6.07 Å². The van der Waals surface area contributed by atoms with Crippen LogP contribution in [-0.2, 0) is 6.42 Å². The summed E-state index contributed by atoms with van der Waals surface area (Å²) in [5.41, 5.74) is 6.38. The quantitative estimate of drug-likeness (QED) is 0.785. The SMILES string of the molecule is CC(C)(CCN)Cc1ccccc1F. The topological polar surface area (TPSA) is 26.0 Å². The van der Waals surface area contributed by atoms with Gasteiger partial charge in [0.05, 0.1) is 0 Å². The lowest BCUT2D eigenvalue weighted by molar-refractivity contribution is 0.333. The predicted molar refractivity (Wildman–Crippen MR) is 57.6 cm³/mol. The summed E-state index contributed by atoms with van der Waals surface area (Å²) in [6.45, 7) is 4.89. The van der Waals surface area contributed by atoms with Gasteiger partial charge in [0, 0.05) is 0 Å². The Hall–Kier alpha value is -0.890. The Morgan fingerprint density at radius 1 is 1.29 bits per heavy atom. The average molecular weight is 195 g/mol. The van der Waals surface area contributed by atoms with E-state index in [1.807, 2.05) is 12.1 Å². The maximum absolute atomic E-state index is 13.3. The summed E-state index contributed by atoms with van der Waals surface area (Å²) in [4.78, 5) is 0. The van der Waals surface area contributed by atoms with Crippen LogP contribution >= 0.6 is 0 Å². The van der Waals surface area contributed by atoms with E-state index >= 15 is 0 Å². The zero-order chi connectivity index (χ0) is 10.6. The van der Waals surface area contributed by atoms with Gasteiger partial charge in [0.1, 0.15) is 5.82 Å². The lowest BCUT2D eigenvalue weighted by Crippen LogP contribution is -2.20. The molecule has 0 aliphatic carbocycles. The second-order valence-electron chi connectivity index (χ2n) is 4.47. The van der Waals surface area contributed by atoms with Crippen LogP contribution in [0.2, 0.25) is 0 Å². The van der Waals surface area contributed by atoms with Crippen LogP contribution in [-0.4, -0.2) is 6.54 Å². The molecule has 0 bridgehead atoms. The first kappa shape index (κ1) is 11.2. The normalized spacial score (nSPS) is 11.7. The van der Waals surface area contributed by atoms with Crippen LogP contribution < -0.4 is 5.73 Å². The van der Waals surface area contributed by atoms with Gasteiger partial charge in [-0.05, 0) is 36.4 Å². The van der Waals surface area contributed by atoms with E-state index in [4.69, 9.17) is 5.73 Å². The van der Waals surface area contributed by atoms with E-state index in [0.29, 0.717) is 6.54 Å². The molecule has 0 saturated carbocycles. The minimum Gasteiger partial charge on any atom is -0.330 e. The van der Waals surface area contributed by atoms with Crippen molar-refractivity contribution in [3.63, 3.8) is 0 Å². The minimum atomic E-state index is -0.113. The fraction of sp³-hybridized carbons (Fsp3) is 0.500. The van der Waals surface area contributed by atoms with Gasteiger partial charge >= 0.3 is 0 Å². The third-order valence-electron chi connectivity index (χ3n) is 2.45. The number of benzene rings is 1. The van der Waals surface area contributed by atoms with Crippen LogP contribution in [0.5, 0.6) is 0 Å². The molecule has 2 heteroatoms. The van der Waals surface area contributed by atoms with E-state index in [1.165, 1.54) is 6.07 Å². The Morgan fingerprint density at radius 3 is 2.50 bits per heavy atom. The third kappa shape index (κ3) is 3.11. The number of hydrogen-bond donors (Lipinski definition) is 1. The highest BCUT2D eigenvalue weighted by Crippen LogP contribution is 2.26. The first-order valence-electron chi connectivity index (χ1n) is 4.99. The van der Waals surface area contributed by atoms with E-state index in [-0.39, 0.29) is 11.2 Å². The summed E-state index contributed by atoms with van der Waals surface area (Å²) in [5, 5.41) is 0. The van der Waals surface area contributed by atoms with Crippen LogP contribution in [0.1, 0.15) is 25.8 Å². The molecule has 0 saturated heterocycles. The maximum atomic E-state index is 13.3. The van der Waals surface area contributed by atoms with Crippen LogP contribution in [0.25, 0.3) is 0 Å². The summed E-state index contributed by atoms with van der Waals surface area (Å²) in [7, 11) is 0. The first-order valence-corrected chi connectivity index (χ1v) is 4.99. The maximum Gasteiger partial charge on any atom is 0.126 e. The predicted octanol–water partition coefficient (Wildman–Crippen LogP) is 2.74. The molecule has 0 aliphatic heterocycles. The summed E-state index contributed by atoms with van der Waals surface area (Å²) in [6, 6.07) is 6.94. The van der Waals surface area contributed by atoms with Crippen LogP contribution in [0.4, 0.5) is 4.39 Å². The Kier molecular flexibility index (Phi) is 3.64. The van der Waals surface area contributed by atoms with Crippen LogP contribution in [0.3, 0.4) is 0 Å². The van der Waals surface area contributed by atoms with Crippen molar-refractivity contribution >= 4 is 0 Å². The van der Waals surface area contributed by atoms with E-state index in [0.717, 1.165) is 18.4 Å². The number of nitrogens with two attached hydrogens (primary N) is 1. The van der Waals surface area contributed by atoms with Crippen molar-refractivity contribution in [3.8, 4) is 0 Å². The molecule has 0 fully saturated rings. The highest BCUT2D eigenvalue weighted by molar-refractivity contribution is 5.18. The smallest absolute Gasteiger partial charge is 0.126 e. The molecule has 0 amide bonds. The molecule has 0 radical (unpaired) electrons. The van der Waals surface area contributed by atoms with Gasteiger partial charge in [-0.2, -0.15) is 0 Å². The van der Waals surface area contributed by atoms with Crippen molar-refractivity contribution in [2.75, 3.05) is 6.54 Å². The third-order valence-corrected chi connectivity index (χ3v) is 2.45. The molecule has 0 aromatic heterocycles. The summed E-state index contributed by atoms with van der Waals surface area (Å²) < 4.78 is 13.3. The molecule has 78 valence electrons. The van der Waals surface area contributed by atoms with Crippen molar-refractivity contribution in [1.29, 1.82) is 0 Å². The Labute approximate surface area is 85.1 Å². The molecule has 0 aliphatic rings. The number of hydrogen-bond acceptors (Lipinski definition) is 1. The Balaban J connectivity index is 2.73. The van der Waals surface area contributed by atoms with Gasteiger partial charge in [0.25, 0.3) is 0 Å². The minimum absolute atomic E-state index is 0.0803. The van der Waals surface area contributed by atoms with Crippen molar-refractivity contribution in [2.24, 2.45) is 11.1 Å². The lowest BCUT2D eigenvalue weighted by atomic mass is 9.82. The van der Waals surface area contributed by atoms with Gasteiger partial charge in [-0.1, -0.05) is 32.0 Å². The largest absolute Gasteiger partial charge is 0.330 e. The van der Waals surface area contributed by atoms with Gasteiger partial charge < -0.3 is 5.73 Å². The molecule has 0 unspecified atom stereocenters. The van der Waals surface area contributed by atoms with Crippen molar-refractivity contribution in [2.45, 2.75) is 26.7 Å². The molecule has 0 heterocycles. The summed E-state index contributed by atoms with van der Waals surface area (Å²) in [6.07, 6.45) is 1.66. The highest BCUT2D eigenvalue weighted by atomic mass is 19.1. The molecule has 0 atom stereocenters. The molecular formula is C12H18FN. The molecule has 1 aromatic rings.